The van der Waals surface area contributed by atoms with Gasteiger partial charge in [0, 0.05) is 19.0 Å². The van der Waals surface area contributed by atoms with Crippen LogP contribution in [0.15, 0.2) is 36.4 Å². The first kappa shape index (κ1) is 14.6. The van der Waals surface area contributed by atoms with Crippen molar-refractivity contribution in [3.05, 3.63) is 42.0 Å². The molecule has 0 aromatic heterocycles. The zero-order chi connectivity index (χ0) is 14.4. The summed E-state index contributed by atoms with van der Waals surface area (Å²) < 4.78 is 5.20. The van der Waals surface area contributed by atoms with Crippen LogP contribution in [0, 0.1) is 0 Å². The van der Waals surface area contributed by atoms with Crippen molar-refractivity contribution in [3.63, 3.8) is 0 Å². The molecule has 0 N–H and O–H groups in total. The first-order chi connectivity index (χ1) is 9.74. The van der Waals surface area contributed by atoms with Gasteiger partial charge >= 0.3 is 0 Å². The van der Waals surface area contributed by atoms with Gasteiger partial charge in [0.25, 0.3) is 0 Å². The van der Waals surface area contributed by atoms with Gasteiger partial charge < -0.3 is 9.64 Å². The molecule has 1 aromatic rings. The zero-order valence-electron chi connectivity index (χ0n) is 12.3. The summed E-state index contributed by atoms with van der Waals surface area (Å²) in [5, 5.41) is 0. The number of benzene rings is 1. The molecule has 1 aliphatic heterocycles. The molecule has 1 saturated heterocycles. The van der Waals surface area contributed by atoms with Crippen molar-refractivity contribution >= 4 is 5.91 Å². The molecule has 0 spiro atoms. The number of hydrogen-bond acceptors (Lipinski definition) is 2. The highest BCUT2D eigenvalue weighted by molar-refractivity contribution is 5.87. The van der Waals surface area contributed by atoms with Crippen molar-refractivity contribution < 1.29 is 9.53 Å². The minimum Gasteiger partial charge on any atom is -0.497 e. The standard InChI is InChI=1S/C17H23NO2/c1-3-6-17(19)18-12-5-4-7-15(13-18)14-8-10-16(20-2)11-9-14/h3,6,8-11,15H,4-5,7,12-13H2,1-2H3/b6-3+. The van der Waals surface area contributed by atoms with E-state index in [0.29, 0.717) is 5.92 Å². The topological polar surface area (TPSA) is 29.5 Å². The second kappa shape index (κ2) is 7.13. The maximum Gasteiger partial charge on any atom is 0.246 e. The second-order valence-electron chi connectivity index (χ2n) is 5.25. The van der Waals surface area contributed by atoms with Gasteiger partial charge in [0.2, 0.25) is 5.91 Å². The summed E-state index contributed by atoms with van der Waals surface area (Å²) in [5.74, 6) is 1.44. The van der Waals surface area contributed by atoms with E-state index in [1.807, 2.05) is 30.0 Å². The summed E-state index contributed by atoms with van der Waals surface area (Å²) in [6, 6.07) is 8.23. The molecule has 0 aliphatic carbocycles. The number of rotatable bonds is 3. The van der Waals surface area contributed by atoms with Gasteiger partial charge in [-0.15, -0.1) is 0 Å². The van der Waals surface area contributed by atoms with Gasteiger partial charge in [-0.1, -0.05) is 24.6 Å². The Hall–Kier alpha value is -1.77. The third kappa shape index (κ3) is 3.62. The number of carbonyl (C=O) groups is 1. The molecular formula is C17H23NO2. The van der Waals surface area contributed by atoms with Crippen LogP contribution >= 0.6 is 0 Å². The Morgan fingerprint density at radius 3 is 2.70 bits per heavy atom. The molecule has 2 rings (SSSR count). The van der Waals surface area contributed by atoms with E-state index in [1.54, 1.807) is 13.2 Å². The Kier molecular flexibility index (Phi) is 5.22. The fourth-order valence-corrected chi connectivity index (χ4v) is 2.74. The van der Waals surface area contributed by atoms with Crippen LogP contribution < -0.4 is 4.74 Å². The van der Waals surface area contributed by atoms with E-state index in [4.69, 9.17) is 4.74 Å². The number of carbonyl (C=O) groups excluding carboxylic acids is 1. The lowest BCUT2D eigenvalue weighted by molar-refractivity contribution is -0.126. The molecule has 1 atom stereocenters. The van der Waals surface area contributed by atoms with E-state index in [9.17, 15) is 4.79 Å². The molecule has 0 radical (unpaired) electrons. The Labute approximate surface area is 121 Å². The molecule has 1 fully saturated rings. The minimum absolute atomic E-state index is 0.132. The van der Waals surface area contributed by atoms with Crippen molar-refractivity contribution in [2.45, 2.75) is 32.1 Å². The lowest BCUT2D eigenvalue weighted by atomic mass is 9.94. The lowest BCUT2D eigenvalue weighted by Gasteiger charge is -2.23. The van der Waals surface area contributed by atoms with E-state index >= 15 is 0 Å². The number of allylic oxidation sites excluding steroid dienone is 1. The SMILES string of the molecule is C/C=C/C(=O)N1CCCCC(c2ccc(OC)cc2)C1. The van der Waals surface area contributed by atoms with E-state index in [2.05, 4.69) is 12.1 Å². The highest BCUT2D eigenvalue weighted by Gasteiger charge is 2.21. The van der Waals surface area contributed by atoms with Crippen LogP contribution in [0.3, 0.4) is 0 Å². The molecule has 3 heteroatoms. The lowest BCUT2D eigenvalue weighted by Crippen LogP contribution is -2.32. The molecular weight excluding hydrogens is 250 g/mol. The largest absolute Gasteiger partial charge is 0.497 e. The van der Waals surface area contributed by atoms with Crippen LogP contribution in [0.2, 0.25) is 0 Å². The van der Waals surface area contributed by atoms with Crippen molar-refractivity contribution in [1.82, 2.24) is 4.90 Å². The molecule has 3 nitrogen and oxygen atoms in total. The van der Waals surface area contributed by atoms with Crippen LogP contribution in [0.5, 0.6) is 5.75 Å². The molecule has 1 aliphatic rings. The maximum atomic E-state index is 12.0. The normalized spacial score (nSPS) is 19.9. The highest BCUT2D eigenvalue weighted by Crippen LogP contribution is 2.28. The Bertz CT molecular complexity index is 464. The fourth-order valence-electron chi connectivity index (χ4n) is 2.74. The van der Waals surface area contributed by atoms with Crippen LogP contribution in [0.25, 0.3) is 0 Å². The molecule has 20 heavy (non-hydrogen) atoms. The van der Waals surface area contributed by atoms with Crippen LogP contribution in [-0.4, -0.2) is 31.0 Å². The summed E-state index contributed by atoms with van der Waals surface area (Å²) in [5.41, 5.74) is 1.30. The maximum absolute atomic E-state index is 12.0. The van der Waals surface area contributed by atoms with Crippen molar-refractivity contribution in [2.75, 3.05) is 20.2 Å². The zero-order valence-corrected chi connectivity index (χ0v) is 12.3. The van der Waals surface area contributed by atoms with Crippen LogP contribution in [0.4, 0.5) is 0 Å². The third-order valence-corrected chi connectivity index (χ3v) is 3.88. The Morgan fingerprint density at radius 1 is 1.30 bits per heavy atom. The van der Waals surface area contributed by atoms with Crippen molar-refractivity contribution in [1.29, 1.82) is 0 Å². The monoisotopic (exact) mass is 273 g/mol. The second-order valence-corrected chi connectivity index (χ2v) is 5.25. The molecule has 108 valence electrons. The molecule has 1 aromatic carbocycles. The van der Waals surface area contributed by atoms with Gasteiger partial charge in [0.15, 0.2) is 0 Å². The Balaban J connectivity index is 2.11. The average molecular weight is 273 g/mol. The van der Waals surface area contributed by atoms with Crippen LogP contribution in [0.1, 0.15) is 37.7 Å². The molecule has 1 amide bonds. The van der Waals surface area contributed by atoms with E-state index < -0.39 is 0 Å². The molecule has 1 heterocycles. The van der Waals surface area contributed by atoms with E-state index in [0.717, 1.165) is 31.7 Å². The molecule has 1 unspecified atom stereocenters. The Morgan fingerprint density at radius 2 is 2.05 bits per heavy atom. The smallest absolute Gasteiger partial charge is 0.246 e. The van der Waals surface area contributed by atoms with Gasteiger partial charge in [0.05, 0.1) is 7.11 Å². The number of nitrogens with zero attached hydrogens (tertiary/aromatic N) is 1. The summed E-state index contributed by atoms with van der Waals surface area (Å²) in [7, 11) is 1.68. The number of likely N-dealkylation sites (tertiary alicyclic amines) is 1. The number of hydrogen-bond donors (Lipinski definition) is 0. The van der Waals surface area contributed by atoms with Crippen LogP contribution in [-0.2, 0) is 4.79 Å². The quantitative estimate of drug-likeness (QED) is 0.790. The fraction of sp³-hybridized carbons (Fsp3) is 0.471. The van der Waals surface area contributed by atoms with Gasteiger partial charge in [-0.05, 0) is 43.5 Å². The van der Waals surface area contributed by atoms with E-state index in [1.165, 1.54) is 12.0 Å². The summed E-state index contributed by atoms with van der Waals surface area (Å²) >= 11 is 0. The third-order valence-electron chi connectivity index (χ3n) is 3.88. The van der Waals surface area contributed by atoms with Crippen molar-refractivity contribution in [3.8, 4) is 5.75 Å². The summed E-state index contributed by atoms with van der Waals surface area (Å²) in [6.45, 7) is 3.57. The van der Waals surface area contributed by atoms with Gasteiger partial charge in [-0.2, -0.15) is 0 Å². The van der Waals surface area contributed by atoms with E-state index in [-0.39, 0.29) is 5.91 Å². The summed E-state index contributed by atoms with van der Waals surface area (Å²) in [6.07, 6.45) is 6.89. The minimum atomic E-state index is 0.132. The first-order valence-corrected chi connectivity index (χ1v) is 7.30. The van der Waals surface area contributed by atoms with Gasteiger partial charge in [0.1, 0.15) is 5.75 Å². The van der Waals surface area contributed by atoms with Gasteiger partial charge in [-0.25, -0.2) is 0 Å². The number of ether oxygens (including phenoxy) is 1. The number of amides is 1. The first-order valence-electron chi connectivity index (χ1n) is 7.30. The predicted octanol–water partition coefficient (Wildman–Crippen LogP) is 3.37. The highest BCUT2D eigenvalue weighted by atomic mass is 16.5. The van der Waals surface area contributed by atoms with Crippen molar-refractivity contribution in [2.24, 2.45) is 0 Å². The number of methoxy groups -OCH3 is 1. The average Bonchev–Trinajstić information content (AvgIpc) is 2.74. The molecule has 0 bridgehead atoms. The van der Waals surface area contributed by atoms with Gasteiger partial charge in [-0.3, -0.25) is 4.79 Å². The molecule has 0 saturated carbocycles. The summed E-state index contributed by atoms with van der Waals surface area (Å²) in [4.78, 5) is 14.0. The predicted molar refractivity (Wildman–Crippen MR) is 81.0 cm³/mol.